The Morgan fingerprint density at radius 1 is 1.16 bits per heavy atom. The summed E-state index contributed by atoms with van der Waals surface area (Å²) in [5, 5.41) is 3.00. The van der Waals surface area contributed by atoms with Gasteiger partial charge in [0.15, 0.2) is 11.6 Å². The van der Waals surface area contributed by atoms with E-state index in [1.807, 2.05) is 37.3 Å². The molecule has 0 aliphatic rings. The number of nitrogens with one attached hydrogen (secondary N) is 1. The minimum atomic E-state index is -0.356. The first-order valence-electron chi connectivity index (χ1n) is 6.51. The number of rotatable bonds is 5. The lowest BCUT2D eigenvalue weighted by Gasteiger charge is -2.09. The molecule has 0 saturated heterocycles. The van der Waals surface area contributed by atoms with E-state index in [0.717, 1.165) is 12.0 Å². The number of aryl methyl sites for hydroxylation is 1. The van der Waals surface area contributed by atoms with Crippen molar-refractivity contribution < 1.29 is 4.39 Å². The molecule has 1 aromatic carbocycles. The van der Waals surface area contributed by atoms with Crippen LogP contribution in [0.15, 0.2) is 30.3 Å². The molecule has 0 atom stereocenters. The fourth-order valence-electron chi connectivity index (χ4n) is 1.84. The van der Waals surface area contributed by atoms with Gasteiger partial charge in [0.2, 0.25) is 0 Å². The van der Waals surface area contributed by atoms with Crippen LogP contribution in [0, 0.1) is 12.7 Å². The first-order valence-corrected chi connectivity index (χ1v) is 6.51. The highest BCUT2D eigenvalue weighted by Crippen LogP contribution is 2.15. The minimum absolute atomic E-state index is 0.306. The Hall–Kier alpha value is -1.97. The monoisotopic (exact) mass is 259 g/mol. The zero-order valence-corrected chi connectivity index (χ0v) is 11.3. The molecule has 0 radical (unpaired) electrons. The lowest BCUT2D eigenvalue weighted by Crippen LogP contribution is -2.10. The number of nitrogens with zero attached hydrogens (tertiary/aromatic N) is 2. The van der Waals surface area contributed by atoms with Gasteiger partial charge >= 0.3 is 0 Å². The Balaban J connectivity index is 2.23. The van der Waals surface area contributed by atoms with Gasteiger partial charge in [-0.05, 0) is 18.9 Å². The van der Waals surface area contributed by atoms with Crippen LogP contribution < -0.4 is 5.32 Å². The fraction of sp³-hybridized carbons (Fsp3) is 0.333. The quantitative estimate of drug-likeness (QED) is 0.895. The van der Waals surface area contributed by atoms with E-state index in [9.17, 15) is 4.39 Å². The Morgan fingerprint density at radius 3 is 2.58 bits per heavy atom. The topological polar surface area (TPSA) is 37.8 Å². The van der Waals surface area contributed by atoms with Crippen LogP contribution in [-0.2, 0) is 6.42 Å². The van der Waals surface area contributed by atoms with Crippen LogP contribution in [0.1, 0.15) is 30.4 Å². The SMILES string of the molecule is CCCNc1nc(Cc2ccccc2)nc(C)c1F. The van der Waals surface area contributed by atoms with Crippen molar-refractivity contribution in [1.82, 2.24) is 9.97 Å². The molecule has 100 valence electrons. The number of hydrogen-bond acceptors (Lipinski definition) is 3. The highest BCUT2D eigenvalue weighted by molar-refractivity contribution is 5.38. The normalized spacial score (nSPS) is 10.5. The second-order valence-corrected chi connectivity index (χ2v) is 4.48. The Bertz CT molecular complexity index is 541. The molecule has 2 aromatic rings. The fourth-order valence-corrected chi connectivity index (χ4v) is 1.84. The van der Waals surface area contributed by atoms with Crippen LogP contribution in [-0.4, -0.2) is 16.5 Å². The van der Waals surface area contributed by atoms with Crippen molar-refractivity contribution in [3.8, 4) is 0 Å². The third-order valence-corrected chi connectivity index (χ3v) is 2.81. The van der Waals surface area contributed by atoms with Crippen LogP contribution in [0.3, 0.4) is 0 Å². The predicted octanol–water partition coefficient (Wildman–Crippen LogP) is 3.34. The van der Waals surface area contributed by atoms with E-state index in [1.54, 1.807) is 6.92 Å². The lowest BCUT2D eigenvalue weighted by atomic mass is 10.1. The van der Waals surface area contributed by atoms with Crippen LogP contribution in [0.2, 0.25) is 0 Å². The molecule has 0 unspecified atom stereocenters. The van der Waals surface area contributed by atoms with E-state index in [0.29, 0.717) is 30.3 Å². The largest absolute Gasteiger partial charge is 0.368 e. The molecule has 1 N–H and O–H groups in total. The molecule has 1 aromatic heterocycles. The van der Waals surface area contributed by atoms with Crippen molar-refractivity contribution in [2.75, 3.05) is 11.9 Å². The summed E-state index contributed by atoms with van der Waals surface area (Å²) in [6, 6.07) is 9.95. The van der Waals surface area contributed by atoms with E-state index in [2.05, 4.69) is 15.3 Å². The molecule has 0 bridgehead atoms. The van der Waals surface area contributed by atoms with Gasteiger partial charge in [0.05, 0.1) is 5.69 Å². The molecule has 3 nitrogen and oxygen atoms in total. The average molecular weight is 259 g/mol. The van der Waals surface area contributed by atoms with Gasteiger partial charge in [0.1, 0.15) is 5.82 Å². The van der Waals surface area contributed by atoms with E-state index < -0.39 is 0 Å². The molecule has 0 aliphatic heterocycles. The van der Waals surface area contributed by atoms with Gasteiger partial charge in [-0.3, -0.25) is 0 Å². The van der Waals surface area contributed by atoms with Gasteiger partial charge in [-0.25, -0.2) is 14.4 Å². The summed E-state index contributed by atoms with van der Waals surface area (Å²) in [6.45, 7) is 4.41. The van der Waals surface area contributed by atoms with Crippen LogP contribution in [0.4, 0.5) is 10.2 Å². The maximum Gasteiger partial charge on any atom is 0.186 e. The minimum Gasteiger partial charge on any atom is -0.368 e. The highest BCUT2D eigenvalue weighted by atomic mass is 19.1. The van der Waals surface area contributed by atoms with Gasteiger partial charge in [-0.1, -0.05) is 37.3 Å². The Morgan fingerprint density at radius 2 is 1.89 bits per heavy atom. The van der Waals surface area contributed by atoms with E-state index in [4.69, 9.17) is 0 Å². The third kappa shape index (κ3) is 3.50. The molecular formula is C15H18FN3. The van der Waals surface area contributed by atoms with E-state index in [1.165, 1.54) is 0 Å². The molecule has 0 amide bonds. The number of benzene rings is 1. The Labute approximate surface area is 112 Å². The summed E-state index contributed by atoms with van der Waals surface area (Å²) >= 11 is 0. The zero-order valence-electron chi connectivity index (χ0n) is 11.3. The van der Waals surface area contributed by atoms with Gasteiger partial charge in [-0.15, -0.1) is 0 Å². The van der Waals surface area contributed by atoms with Crippen molar-refractivity contribution in [2.24, 2.45) is 0 Å². The first kappa shape index (κ1) is 13.5. The molecule has 19 heavy (non-hydrogen) atoms. The smallest absolute Gasteiger partial charge is 0.186 e. The number of hydrogen-bond donors (Lipinski definition) is 1. The van der Waals surface area contributed by atoms with Crippen LogP contribution in [0.5, 0.6) is 0 Å². The molecule has 2 rings (SSSR count). The summed E-state index contributed by atoms with van der Waals surface area (Å²) in [5.41, 5.74) is 1.51. The molecule has 4 heteroatoms. The summed E-state index contributed by atoms with van der Waals surface area (Å²) in [7, 11) is 0. The summed E-state index contributed by atoms with van der Waals surface area (Å²) in [5.74, 6) is 0.592. The summed E-state index contributed by atoms with van der Waals surface area (Å²) in [4.78, 5) is 8.48. The summed E-state index contributed by atoms with van der Waals surface area (Å²) < 4.78 is 13.9. The number of aromatic nitrogens is 2. The lowest BCUT2D eigenvalue weighted by molar-refractivity contribution is 0.600. The van der Waals surface area contributed by atoms with Crippen LogP contribution in [0.25, 0.3) is 0 Å². The standard InChI is InChI=1S/C15H18FN3/c1-3-9-17-15-14(16)11(2)18-13(19-15)10-12-7-5-4-6-8-12/h4-8H,3,9-10H2,1-2H3,(H,17,18,19). The van der Waals surface area contributed by atoms with Crippen LogP contribution >= 0.6 is 0 Å². The molecule has 0 saturated carbocycles. The van der Waals surface area contributed by atoms with E-state index >= 15 is 0 Å². The van der Waals surface area contributed by atoms with Crippen molar-refractivity contribution >= 4 is 5.82 Å². The van der Waals surface area contributed by atoms with Gasteiger partial charge in [0, 0.05) is 13.0 Å². The number of anilines is 1. The molecule has 0 aliphatic carbocycles. The second-order valence-electron chi connectivity index (χ2n) is 4.48. The van der Waals surface area contributed by atoms with Crippen molar-refractivity contribution in [3.05, 3.63) is 53.2 Å². The number of halogens is 1. The molecule has 0 fully saturated rings. The van der Waals surface area contributed by atoms with Crippen molar-refractivity contribution in [3.63, 3.8) is 0 Å². The Kier molecular flexibility index (Phi) is 4.44. The van der Waals surface area contributed by atoms with E-state index in [-0.39, 0.29) is 5.82 Å². The average Bonchev–Trinajstić information content (AvgIpc) is 2.42. The second kappa shape index (κ2) is 6.27. The first-order chi connectivity index (χ1) is 9.20. The van der Waals surface area contributed by atoms with Gasteiger partial charge < -0.3 is 5.32 Å². The predicted molar refractivity (Wildman–Crippen MR) is 74.8 cm³/mol. The maximum absolute atomic E-state index is 13.9. The van der Waals surface area contributed by atoms with Crippen molar-refractivity contribution in [2.45, 2.75) is 26.7 Å². The van der Waals surface area contributed by atoms with Crippen molar-refractivity contribution in [1.29, 1.82) is 0 Å². The molecule has 0 spiro atoms. The highest BCUT2D eigenvalue weighted by Gasteiger charge is 2.11. The van der Waals surface area contributed by atoms with Gasteiger partial charge in [0.25, 0.3) is 0 Å². The summed E-state index contributed by atoms with van der Waals surface area (Å²) in [6.07, 6.45) is 1.54. The maximum atomic E-state index is 13.9. The molecule has 1 heterocycles. The zero-order chi connectivity index (χ0) is 13.7. The third-order valence-electron chi connectivity index (χ3n) is 2.81. The van der Waals surface area contributed by atoms with Gasteiger partial charge in [-0.2, -0.15) is 0 Å². The molecular weight excluding hydrogens is 241 g/mol.